The van der Waals surface area contributed by atoms with Crippen molar-refractivity contribution < 1.29 is 9.53 Å². The Hall–Kier alpha value is -2.74. The van der Waals surface area contributed by atoms with Gasteiger partial charge in [0.2, 0.25) is 0 Å². The summed E-state index contributed by atoms with van der Waals surface area (Å²) in [4.78, 5) is 32.2. The second kappa shape index (κ2) is 7.48. The predicted molar refractivity (Wildman–Crippen MR) is 107 cm³/mol. The van der Waals surface area contributed by atoms with E-state index in [0.717, 1.165) is 42.2 Å². The summed E-state index contributed by atoms with van der Waals surface area (Å²) in [6.45, 7) is 7.38. The Bertz CT molecular complexity index is 966. The van der Waals surface area contributed by atoms with Gasteiger partial charge in [-0.25, -0.2) is 19.7 Å². The van der Waals surface area contributed by atoms with Gasteiger partial charge in [0.1, 0.15) is 28.4 Å². The van der Waals surface area contributed by atoms with Crippen molar-refractivity contribution in [3.8, 4) is 0 Å². The fourth-order valence-electron chi connectivity index (χ4n) is 3.36. The summed E-state index contributed by atoms with van der Waals surface area (Å²) in [6, 6.07) is 5.69. The number of rotatable bonds is 4. The molecule has 0 aromatic carbocycles. The maximum atomic E-state index is 12.2. The van der Waals surface area contributed by atoms with Crippen LogP contribution in [0.15, 0.2) is 30.7 Å². The van der Waals surface area contributed by atoms with Gasteiger partial charge in [-0.15, -0.1) is 11.3 Å². The fourth-order valence-corrected chi connectivity index (χ4v) is 4.20. The highest BCUT2D eigenvalue weighted by atomic mass is 32.1. The minimum Gasteiger partial charge on any atom is -0.462 e. The molecule has 4 rings (SSSR count). The van der Waals surface area contributed by atoms with Gasteiger partial charge in [0.15, 0.2) is 0 Å². The Balaban J connectivity index is 1.54. The standard InChI is InChI=1S/C19H21N5O2S/c1-3-26-19(25)14-5-4-6-20-16(14)23-7-9-24(10-8-23)17-15-11-13(2)27-18(15)22-12-21-17/h4-6,11-12H,3,7-10H2,1-2H3. The molecule has 0 atom stereocenters. The van der Waals surface area contributed by atoms with E-state index < -0.39 is 0 Å². The molecule has 8 heteroatoms. The van der Waals surface area contributed by atoms with Gasteiger partial charge in [-0.05, 0) is 32.0 Å². The van der Waals surface area contributed by atoms with Crippen LogP contribution < -0.4 is 9.80 Å². The minimum absolute atomic E-state index is 0.325. The molecular weight excluding hydrogens is 362 g/mol. The first kappa shape index (κ1) is 17.7. The summed E-state index contributed by atoms with van der Waals surface area (Å²) in [6.07, 6.45) is 3.35. The van der Waals surface area contributed by atoms with Gasteiger partial charge in [-0.1, -0.05) is 0 Å². The van der Waals surface area contributed by atoms with Crippen LogP contribution in [0, 0.1) is 6.92 Å². The van der Waals surface area contributed by atoms with Crippen LogP contribution in [0.4, 0.5) is 11.6 Å². The molecule has 7 nitrogen and oxygen atoms in total. The lowest BCUT2D eigenvalue weighted by molar-refractivity contribution is 0.0526. The molecule has 4 heterocycles. The van der Waals surface area contributed by atoms with Gasteiger partial charge in [0.05, 0.1) is 12.0 Å². The van der Waals surface area contributed by atoms with Gasteiger partial charge >= 0.3 is 5.97 Å². The number of fused-ring (bicyclic) bond motifs is 1. The highest BCUT2D eigenvalue weighted by molar-refractivity contribution is 7.18. The van der Waals surface area contributed by atoms with E-state index in [9.17, 15) is 4.79 Å². The van der Waals surface area contributed by atoms with Crippen molar-refractivity contribution in [2.24, 2.45) is 0 Å². The van der Waals surface area contributed by atoms with E-state index in [1.54, 1.807) is 42.9 Å². The lowest BCUT2D eigenvalue weighted by Gasteiger charge is -2.36. The molecule has 0 bridgehead atoms. The highest BCUT2D eigenvalue weighted by Gasteiger charge is 2.25. The third-order valence-electron chi connectivity index (χ3n) is 4.59. The van der Waals surface area contributed by atoms with Crippen LogP contribution in [0.3, 0.4) is 0 Å². The van der Waals surface area contributed by atoms with Gasteiger partial charge in [0.25, 0.3) is 0 Å². The first-order valence-corrected chi connectivity index (χ1v) is 9.82. The first-order valence-electron chi connectivity index (χ1n) is 9.00. The van der Waals surface area contributed by atoms with Crippen LogP contribution >= 0.6 is 11.3 Å². The zero-order chi connectivity index (χ0) is 18.8. The number of pyridine rings is 1. The topological polar surface area (TPSA) is 71.5 Å². The normalized spacial score (nSPS) is 14.6. The van der Waals surface area contributed by atoms with E-state index in [1.807, 2.05) is 0 Å². The zero-order valence-corrected chi connectivity index (χ0v) is 16.2. The number of aryl methyl sites for hydroxylation is 1. The van der Waals surface area contributed by atoms with Gasteiger partial charge in [-0.2, -0.15) is 0 Å². The van der Waals surface area contributed by atoms with Crippen molar-refractivity contribution >= 4 is 39.2 Å². The van der Waals surface area contributed by atoms with Crippen molar-refractivity contribution in [2.45, 2.75) is 13.8 Å². The molecular formula is C19H21N5O2S. The van der Waals surface area contributed by atoms with Gasteiger partial charge in [-0.3, -0.25) is 0 Å². The van der Waals surface area contributed by atoms with Gasteiger partial charge < -0.3 is 14.5 Å². The van der Waals surface area contributed by atoms with E-state index in [-0.39, 0.29) is 5.97 Å². The van der Waals surface area contributed by atoms with Crippen LogP contribution in [-0.2, 0) is 4.74 Å². The lowest BCUT2D eigenvalue weighted by atomic mass is 10.2. The minimum atomic E-state index is -0.325. The Kier molecular flexibility index (Phi) is 4.89. The summed E-state index contributed by atoms with van der Waals surface area (Å²) >= 11 is 1.69. The van der Waals surface area contributed by atoms with Crippen molar-refractivity contribution in [3.63, 3.8) is 0 Å². The second-order valence-electron chi connectivity index (χ2n) is 6.34. The molecule has 0 spiro atoms. The summed E-state index contributed by atoms with van der Waals surface area (Å²) in [7, 11) is 0. The molecule has 1 aliphatic heterocycles. The lowest BCUT2D eigenvalue weighted by Crippen LogP contribution is -2.47. The van der Waals surface area contributed by atoms with E-state index in [2.05, 4.69) is 37.7 Å². The number of hydrogen-bond acceptors (Lipinski definition) is 8. The first-order chi connectivity index (χ1) is 13.2. The van der Waals surface area contributed by atoms with Crippen molar-refractivity contribution in [3.05, 3.63) is 41.2 Å². The molecule has 0 saturated carbocycles. The average Bonchev–Trinajstić information content (AvgIpc) is 3.08. The molecule has 3 aromatic heterocycles. The Morgan fingerprint density at radius 2 is 1.89 bits per heavy atom. The maximum absolute atomic E-state index is 12.2. The van der Waals surface area contributed by atoms with Crippen LogP contribution in [0.25, 0.3) is 10.2 Å². The van der Waals surface area contributed by atoms with Crippen LogP contribution in [0.5, 0.6) is 0 Å². The Labute approximate surface area is 161 Å². The largest absolute Gasteiger partial charge is 0.462 e. The quantitative estimate of drug-likeness (QED) is 0.642. The zero-order valence-electron chi connectivity index (χ0n) is 15.4. The van der Waals surface area contributed by atoms with Crippen molar-refractivity contribution in [2.75, 3.05) is 42.6 Å². The number of hydrogen-bond donors (Lipinski definition) is 0. The van der Waals surface area contributed by atoms with E-state index >= 15 is 0 Å². The van der Waals surface area contributed by atoms with Gasteiger partial charge in [0, 0.05) is 37.3 Å². The number of nitrogens with zero attached hydrogens (tertiary/aromatic N) is 5. The molecule has 140 valence electrons. The number of thiophene rings is 1. The Morgan fingerprint density at radius 1 is 1.15 bits per heavy atom. The average molecular weight is 383 g/mol. The molecule has 1 saturated heterocycles. The van der Waals surface area contributed by atoms with Crippen LogP contribution in [0.1, 0.15) is 22.2 Å². The van der Waals surface area contributed by atoms with Crippen LogP contribution in [-0.4, -0.2) is 53.7 Å². The summed E-state index contributed by atoms with van der Waals surface area (Å²) in [5.74, 6) is 1.35. The smallest absolute Gasteiger partial charge is 0.341 e. The summed E-state index contributed by atoms with van der Waals surface area (Å²) < 4.78 is 5.17. The molecule has 1 fully saturated rings. The molecule has 3 aromatic rings. The monoisotopic (exact) mass is 383 g/mol. The number of anilines is 2. The molecule has 0 aliphatic carbocycles. The van der Waals surface area contributed by atoms with E-state index in [1.165, 1.54) is 4.88 Å². The number of aromatic nitrogens is 3. The summed E-state index contributed by atoms with van der Waals surface area (Å²) in [5, 5.41) is 1.11. The second-order valence-corrected chi connectivity index (χ2v) is 7.58. The molecule has 1 aliphatic rings. The third kappa shape index (κ3) is 3.44. The predicted octanol–water partition coefficient (Wildman–Crippen LogP) is 2.90. The number of piperazine rings is 1. The molecule has 0 radical (unpaired) electrons. The molecule has 27 heavy (non-hydrogen) atoms. The molecule has 0 unspecified atom stereocenters. The van der Waals surface area contributed by atoms with E-state index in [4.69, 9.17) is 4.74 Å². The fraction of sp³-hybridized carbons (Fsp3) is 0.368. The Morgan fingerprint density at radius 3 is 2.63 bits per heavy atom. The van der Waals surface area contributed by atoms with E-state index in [0.29, 0.717) is 18.0 Å². The number of carbonyl (C=O) groups is 1. The molecule has 0 N–H and O–H groups in total. The highest BCUT2D eigenvalue weighted by Crippen LogP contribution is 2.30. The van der Waals surface area contributed by atoms with Crippen molar-refractivity contribution in [1.82, 2.24) is 15.0 Å². The third-order valence-corrected chi connectivity index (χ3v) is 5.55. The number of ether oxygens (including phenoxy) is 1. The van der Waals surface area contributed by atoms with Crippen molar-refractivity contribution in [1.29, 1.82) is 0 Å². The SMILES string of the molecule is CCOC(=O)c1cccnc1N1CCN(c2ncnc3sc(C)cc23)CC1. The maximum Gasteiger partial charge on any atom is 0.341 e. The molecule has 0 amide bonds. The van der Waals surface area contributed by atoms with Crippen LogP contribution in [0.2, 0.25) is 0 Å². The summed E-state index contributed by atoms with van der Waals surface area (Å²) in [5.41, 5.74) is 0.519. The number of esters is 1. The number of carbonyl (C=O) groups excluding carboxylic acids is 1.